The number of carboxylic acid groups (broad SMARTS) is 1. The van der Waals surface area contributed by atoms with Crippen LogP contribution in [0.1, 0.15) is 16.3 Å². The van der Waals surface area contributed by atoms with Gasteiger partial charge in [0.25, 0.3) is 0 Å². The molecule has 0 aliphatic carbocycles. The molecule has 0 saturated heterocycles. The van der Waals surface area contributed by atoms with E-state index >= 15 is 0 Å². The van der Waals surface area contributed by atoms with Crippen LogP contribution >= 0.6 is 0 Å². The van der Waals surface area contributed by atoms with Gasteiger partial charge >= 0.3 is 5.97 Å². The highest BCUT2D eigenvalue weighted by atomic mass is 16.5. The zero-order chi connectivity index (χ0) is 11.3. The van der Waals surface area contributed by atoms with E-state index in [0.717, 1.165) is 6.54 Å². The van der Waals surface area contributed by atoms with Gasteiger partial charge in [0, 0.05) is 13.7 Å². The lowest BCUT2D eigenvalue weighted by molar-refractivity contribution is 0.0658. The summed E-state index contributed by atoms with van der Waals surface area (Å²) in [4.78, 5) is 12.5. The van der Waals surface area contributed by atoms with Gasteiger partial charge < -0.3 is 14.3 Å². The summed E-state index contributed by atoms with van der Waals surface area (Å²) in [7, 11) is 3.56. The largest absolute Gasteiger partial charge is 0.475 e. The first-order valence-corrected chi connectivity index (χ1v) is 4.63. The van der Waals surface area contributed by atoms with Gasteiger partial charge in [0.1, 0.15) is 5.76 Å². The van der Waals surface area contributed by atoms with Gasteiger partial charge in [-0.25, -0.2) is 4.79 Å². The number of likely N-dealkylation sites (N-methyl/N-ethyl adjacent to an activating group) is 1. The molecule has 0 aliphatic rings. The standard InChI is InChI=1S/C10H15NO4/c1-11(5-6-14-2)7-8-3-4-9(15-8)10(12)13/h3-4H,5-7H2,1-2H3,(H,12,13). The fraction of sp³-hybridized carbons (Fsp3) is 0.500. The number of hydrogen-bond acceptors (Lipinski definition) is 4. The molecule has 0 radical (unpaired) electrons. The average Bonchev–Trinajstić information content (AvgIpc) is 2.63. The van der Waals surface area contributed by atoms with E-state index in [9.17, 15) is 4.79 Å². The number of aromatic carboxylic acids is 1. The van der Waals surface area contributed by atoms with Crippen molar-refractivity contribution < 1.29 is 19.1 Å². The molecule has 1 aromatic heterocycles. The monoisotopic (exact) mass is 213 g/mol. The van der Waals surface area contributed by atoms with Crippen LogP contribution in [0, 0.1) is 0 Å². The predicted octanol–water partition coefficient (Wildman–Crippen LogP) is 1.06. The predicted molar refractivity (Wildman–Crippen MR) is 53.9 cm³/mol. The van der Waals surface area contributed by atoms with Gasteiger partial charge in [0.05, 0.1) is 13.2 Å². The first-order chi connectivity index (χ1) is 7.13. The van der Waals surface area contributed by atoms with Gasteiger partial charge in [-0.15, -0.1) is 0 Å². The van der Waals surface area contributed by atoms with E-state index in [1.54, 1.807) is 13.2 Å². The number of methoxy groups -OCH3 is 1. The zero-order valence-corrected chi connectivity index (χ0v) is 8.90. The van der Waals surface area contributed by atoms with E-state index in [0.29, 0.717) is 18.9 Å². The van der Waals surface area contributed by atoms with Crippen molar-refractivity contribution in [3.63, 3.8) is 0 Å². The van der Waals surface area contributed by atoms with Gasteiger partial charge in [-0.2, -0.15) is 0 Å². The Morgan fingerprint density at radius 2 is 2.33 bits per heavy atom. The fourth-order valence-corrected chi connectivity index (χ4v) is 1.17. The summed E-state index contributed by atoms with van der Waals surface area (Å²) in [5.74, 6) is -0.420. The lowest BCUT2D eigenvalue weighted by Crippen LogP contribution is -2.21. The topological polar surface area (TPSA) is 62.9 Å². The van der Waals surface area contributed by atoms with Crippen molar-refractivity contribution in [3.8, 4) is 0 Å². The van der Waals surface area contributed by atoms with Gasteiger partial charge in [0.2, 0.25) is 5.76 Å². The Bertz CT molecular complexity index is 321. The van der Waals surface area contributed by atoms with Crippen LogP contribution in [0.5, 0.6) is 0 Å². The molecule has 1 rings (SSSR count). The Labute approximate surface area is 88.2 Å². The number of rotatable bonds is 6. The molecular formula is C10H15NO4. The maximum Gasteiger partial charge on any atom is 0.371 e. The molecule has 0 spiro atoms. The third kappa shape index (κ3) is 3.73. The molecule has 1 aromatic rings. The highest BCUT2D eigenvalue weighted by Gasteiger charge is 2.09. The number of ether oxygens (including phenoxy) is 1. The van der Waals surface area contributed by atoms with Gasteiger partial charge in [0.15, 0.2) is 0 Å². The van der Waals surface area contributed by atoms with Gasteiger partial charge in [-0.05, 0) is 19.2 Å². The summed E-state index contributed by atoms with van der Waals surface area (Å²) >= 11 is 0. The molecular weight excluding hydrogens is 198 g/mol. The lowest BCUT2D eigenvalue weighted by Gasteiger charge is -2.13. The smallest absolute Gasteiger partial charge is 0.371 e. The third-order valence-corrected chi connectivity index (χ3v) is 1.98. The molecule has 0 aliphatic heterocycles. The lowest BCUT2D eigenvalue weighted by atomic mass is 10.4. The molecule has 0 fully saturated rings. The second-order valence-electron chi connectivity index (χ2n) is 3.30. The van der Waals surface area contributed by atoms with Crippen molar-refractivity contribution in [2.24, 2.45) is 0 Å². The van der Waals surface area contributed by atoms with E-state index < -0.39 is 5.97 Å². The summed E-state index contributed by atoms with van der Waals surface area (Å²) in [5.41, 5.74) is 0. The number of carboxylic acids is 1. The second-order valence-corrected chi connectivity index (χ2v) is 3.30. The van der Waals surface area contributed by atoms with E-state index in [2.05, 4.69) is 0 Å². The quantitative estimate of drug-likeness (QED) is 0.765. The molecule has 5 heteroatoms. The maximum atomic E-state index is 10.5. The minimum Gasteiger partial charge on any atom is -0.475 e. The Balaban J connectivity index is 2.46. The number of hydrogen-bond donors (Lipinski definition) is 1. The number of furan rings is 1. The van der Waals surface area contributed by atoms with E-state index in [1.807, 2.05) is 11.9 Å². The van der Waals surface area contributed by atoms with Crippen molar-refractivity contribution in [3.05, 3.63) is 23.7 Å². The minimum absolute atomic E-state index is 0.0230. The number of nitrogens with zero attached hydrogens (tertiary/aromatic N) is 1. The summed E-state index contributed by atoms with van der Waals surface area (Å²) in [6.45, 7) is 2.00. The van der Waals surface area contributed by atoms with Crippen molar-refractivity contribution in [1.82, 2.24) is 4.90 Å². The van der Waals surface area contributed by atoms with Crippen LogP contribution in [-0.4, -0.2) is 43.3 Å². The molecule has 0 atom stereocenters. The molecule has 0 bridgehead atoms. The van der Waals surface area contributed by atoms with Crippen LogP contribution in [0.3, 0.4) is 0 Å². The van der Waals surface area contributed by atoms with Crippen molar-refractivity contribution in [1.29, 1.82) is 0 Å². The molecule has 0 unspecified atom stereocenters. The molecule has 0 aromatic carbocycles. The molecule has 0 saturated carbocycles. The van der Waals surface area contributed by atoms with E-state index in [1.165, 1.54) is 6.07 Å². The normalized spacial score (nSPS) is 10.9. The van der Waals surface area contributed by atoms with Crippen LogP contribution < -0.4 is 0 Å². The molecule has 15 heavy (non-hydrogen) atoms. The van der Waals surface area contributed by atoms with Crippen molar-refractivity contribution >= 4 is 5.97 Å². The summed E-state index contributed by atoms with van der Waals surface area (Å²) in [6, 6.07) is 3.13. The first kappa shape index (κ1) is 11.7. The fourth-order valence-electron chi connectivity index (χ4n) is 1.17. The molecule has 84 valence electrons. The van der Waals surface area contributed by atoms with Crippen LogP contribution in [0.25, 0.3) is 0 Å². The van der Waals surface area contributed by atoms with Crippen LogP contribution in [0.2, 0.25) is 0 Å². The van der Waals surface area contributed by atoms with Crippen LogP contribution in [0.15, 0.2) is 16.5 Å². The highest BCUT2D eigenvalue weighted by Crippen LogP contribution is 2.09. The molecule has 0 amide bonds. The SMILES string of the molecule is COCCN(C)Cc1ccc(C(=O)O)o1. The Kier molecular flexibility index (Phi) is 4.33. The minimum atomic E-state index is -1.04. The van der Waals surface area contributed by atoms with Crippen LogP contribution in [-0.2, 0) is 11.3 Å². The molecule has 1 N–H and O–H groups in total. The Morgan fingerprint density at radius 3 is 2.87 bits per heavy atom. The zero-order valence-electron chi connectivity index (χ0n) is 8.90. The average molecular weight is 213 g/mol. The highest BCUT2D eigenvalue weighted by molar-refractivity contribution is 5.84. The van der Waals surface area contributed by atoms with Crippen molar-refractivity contribution in [2.75, 3.05) is 27.3 Å². The second kappa shape index (κ2) is 5.53. The summed E-state index contributed by atoms with van der Waals surface area (Å²) < 4.78 is 10.0. The van der Waals surface area contributed by atoms with Crippen LogP contribution in [0.4, 0.5) is 0 Å². The Hall–Kier alpha value is -1.33. The van der Waals surface area contributed by atoms with Crippen molar-refractivity contribution in [2.45, 2.75) is 6.54 Å². The van der Waals surface area contributed by atoms with Gasteiger partial charge in [-0.1, -0.05) is 0 Å². The summed E-state index contributed by atoms with van der Waals surface area (Å²) in [5, 5.41) is 8.65. The first-order valence-electron chi connectivity index (χ1n) is 4.63. The summed E-state index contributed by atoms with van der Waals surface area (Å²) in [6.07, 6.45) is 0. The maximum absolute atomic E-state index is 10.5. The number of carbonyl (C=O) groups is 1. The van der Waals surface area contributed by atoms with Gasteiger partial charge in [-0.3, -0.25) is 4.90 Å². The molecule has 5 nitrogen and oxygen atoms in total. The third-order valence-electron chi connectivity index (χ3n) is 1.98. The molecule has 1 heterocycles. The van der Waals surface area contributed by atoms with E-state index in [-0.39, 0.29) is 5.76 Å². The van der Waals surface area contributed by atoms with E-state index in [4.69, 9.17) is 14.3 Å². The Morgan fingerprint density at radius 1 is 1.60 bits per heavy atom.